The summed E-state index contributed by atoms with van der Waals surface area (Å²) in [6.45, 7) is 10.1. The number of hydrogen-bond acceptors (Lipinski definition) is 5. The van der Waals surface area contributed by atoms with Crippen molar-refractivity contribution >= 4 is 17.4 Å². The van der Waals surface area contributed by atoms with E-state index in [1.165, 1.54) is 6.07 Å². The lowest BCUT2D eigenvalue weighted by Gasteiger charge is -2.36. The van der Waals surface area contributed by atoms with Gasteiger partial charge in [0.1, 0.15) is 23.0 Å². The van der Waals surface area contributed by atoms with Crippen molar-refractivity contribution in [3.05, 3.63) is 59.6 Å². The van der Waals surface area contributed by atoms with E-state index in [1.54, 1.807) is 45.2 Å². The summed E-state index contributed by atoms with van der Waals surface area (Å²) in [7, 11) is 0. The van der Waals surface area contributed by atoms with Crippen LogP contribution < -0.4 is 10.2 Å². The third-order valence-corrected chi connectivity index (χ3v) is 4.95. The smallest absolute Gasteiger partial charge is 0.213 e. The first-order chi connectivity index (χ1) is 13.7. The maximum absolute atomic E-state index is 14.1. The van der Waals surface area contributed by atoms with E-state index < -0.39 is 17.3 Å². The number of carbonyl (C=O) groups is 1. The van der Waals surface area contributed by atoms with Crippen molar-refractivity contribution in [3.63, 3.8) is 0 Å². The van der Waals surface area contributed by atoms with Crippen molar-refractivity contribution in [2.24, 2.45) is 0 Å². The van der Waals surface area contributed by atoms with Gasteiger partial charge in [0, 0.05) is 51.5 Å². The monoisotopic (exact) mass is 404 g/mol. The number of hydrogen-bond donors (Lipinski definition) is 1. The SMILES string of the molecule is C=C(F)c1ccc(N2CCN[C@H](CC(C)(C)F)C2)nc1C(=O)c1cccnc1C.[HH].[HH]. The largest absolute Gasteiger partial charge is 0.354 e. The minimum absolute atomic E-state index is 0. The third-order valence-electron chi connectivity index (χ3n) is 4.95. The molecule has 1 fully saturated rings. The van der Waals surface area contributed by atoms with Crippen molar-refractivity contribution < 1.29 is 16.4 Å². The maximum atomic E-state index is 14.1. The minimum atomic E-state index is -1.29. The van der Waals surface area contributed by atoms with E-state index in [0.29, 0.717) is 43.1 Å². The van der Waals surface area contributed by atoms with E-state index in [4.69, 9.17) is 0 Å². The molecule has 0 bridgehead atoms. The number of piperazine rings is 1. The molecule has 0 aliphatic carbocycles. The van der Waals surface area contributed by atoms with Crippen LogP contribution in [0.15, 0.2) is 37.0 Å². The van der Waals surface area contributed by atoms with Crippen molar-refractivity contribution in [1.82, 2.24) is 15.3 Å². The number of halogens is 2. The first-order valence-corrected chi connectivity index (χ1v) is 9.65. The van der Waals surface area contributed by atoms with Gasteiger partial charge in [0.15, 0.2) is 0 Å². The summed E-state index contributed by atoms with van der Waals surface area (Å²) in [4.78, 5) is 23.7. The molecule has 1 N–H and O–H groups in total. The Morgan fingerprint density at radius 1 is 1.38 bits per heavy atom. The van der Waals surface area contributed by atoms with Crippen LogP contribution >= 0.6 is 0 Å². The fourth-order valence-electron chi connectivity index (χ4n) is 3.62. The van der Waals surface area contributed by atoms with Gasteiger partial charge in [-0.2, -0.15) is 0 Å². The molecule has 7 heteroatoms. The molecule has 5 nitrogen and oxygen atoms in total. The van der Waals surface area contributed by atoms with Crippen LogP contribution in [-0.2, 0) is 0 Å². The fraction of sp³-hybridized carbons (Fsp3) is 0.409. The molecule has 3 heterocycles. The van der Waals surface area contributed by atoms with Gasteiger partial charge in [-0.3, -0.25) is 9.78 Å². The molecule has 2 aromatic heterocycles. The topological polar surface area (TPSA) is 58.1 Å². The highest BCUT2D eigenvalue weighted by Crippen LogP contribution is 2.26. The van der Waals surface area contributed by atoms with Gasteiger partial charge in [-0.25, -0.2) is 13.8 Å². The van der Waals surface area contributed by atoms with E-state index in [9.17, 15) is 13.6 Å². The summed E-state index contributed by atoms with van der Waals surface area (Å²) in [5, 5.41) is 3.32. The second-order valence-corrected chi connectivity index (χ2v) is 7.96. The molecule has 0 saturated carbocycles. The maximum Gasteiger partial charge on any atom is 0.213 e. The van der Waals surface area contributed by atoms with Crippen LogP contribution in [0.1, 0.15) is 50.4 Å². The summed E-state index contributed by atoms with van der Waals surface area (Å²) < 4.78 is 28.1. The van der Waals surface area contributed by atoms with Crippen LogP contribution in [0.25, 0.3) is 5.83 Å². The zero-order valence-electron chi connectivity index (χ0n) is 17.0. The highest BCUT2D eigenvalue weighted by atomic mass is 19.1. The van der Waals surface area contributed by atoms with Gasteiger partial charge in [0.25, 0.3) is 0 Å². The molecule has 2 aromatic rings. The zero-order chi connectivity index (χ0) is 21.2. The molecule has 0 radical (unpaired) electrons. The van der Waals surface area contributed by atoms with Gasteiger partial charge in [-0.15, -0.1) is 0 Å². The lowest BCUT2D eigenvalue weighted by atomic mass is 9.99. The predicted octanol–water partition coefficient (Wildman–Crippen LogP) is 4.36. The van der Waals surface area contributed by atoms with E-state index in [1.807, 2.05) is 4.90 Å². The number of nitrogens with one attached hydrogen (secondary N) is 1. The molecule has 1 aliphatic rings. The highest BCUT2D eigenvalue weighted by molar-refractivity contribution is 6.10. The summed E-state index contributed by atoms with van der Waals surface area (Å²) in [6, 6.07) is 6.47. The number of aryl methyl sites for hydroxylation is 1. The summed E-state index contributed by atoms with van der Waals surface area (Å²) in [5.41, 5.74) is -0.293. The Labute approximate surface area is 172 Å². The average molecular weight is 405 g/mol. The van der Waals surface area contributed by atoms with Crippen LogP contribution in [0.2, 0.25) is 0 Å². The molecule has 0 amide bonds. The molecule has 1 aliphatic heterocycles. The Hall–Kier alpha value is -2.67. The number of carbonyl (C=O) groups excluding carboxylic acids is 1. The Morgan fingerprint density at radius 3 is 2.79 bits per heavy atom. The standard InChI is InChI=1S/C22H26F2N4O.2H2/c1-14(23)17-7-8-19(28-11-10-26-16(13-28)12-22(3,4)24)27-20(17)21(29)18-6-5-9-25-15(18)2;;/h5-9,16,26H,1,10-13H2,2-4H3;2*1H/t16-;;/m1../s1. The fourth-order valence-corrected chi connectivity index (χ4v) is 3.62. The van der Waals surface area contributed by atoms with Crippen molar-refractivity contribution in [2.75, 3.05) is 24.5 Å². The zero-order valence-corrected chi connectivity index (χ0v) is 17.0. The Bertz CT molecular complexity index is 934. The molecule has 1 saturated heterocycles. The van der Waals surface area contributed by atoms with E-state index in [0.717, 1.165) is 0 Å². The van der Waals surface area contributed by atoms with Crippen molar-refractivity contribution in [2.45, 2.75) is 38.9 Å². The number of alkyl halides is 1. The molecular formula is C22H30F2N4O. The van der Waals surface area contributed by atoms with Gasteiger partial charge >= 0.3 is 0 Å². The van der Waals surface area contributed by atoms with Gasteiger partial charge in [-0.05, 0) is 51.5 Å². The van der Waals surface area contributed by atoms with Gasteiger partial charge < -0.3 is 10.2 Å². The van der Waals surface area contributed by atoms with Crippen molar-refractivity contribution in [3.8, 4) is 0 Å². The molecule has 0 aromatic carbocycles. The number of rotatable bonds is 6. The predicted molar refractivity (Wildman–Crippen MR) is 115 cm³/mol. The van der Waals surface area contributed by atoms with E-state index in [-0.39, 0.29) is 20.2 Å². The second-order valence-electron chi connectivity index (χ2n) is 7.96. The third kappa shape index (κ3) is 5.03. The lowest BCUT2D eigenvalue weighted by Crippen LogP contribution is -2.52. The number of ketones is 1. The van der Waals surface area contributed by atoms with Crippen LogP contribution in [0, 0.1) is 6.92 Å². The van der Waals surface area contributed by atoms with Crippen LogP contribution in [0.5, 0.6) is 0 Å². The second kappa shape index (κ2) is 8.37. The van der Waals surface area contributed by atoms with E-state index in [2.05, 4.69) is 21.9 Å². The number of nitrogens with zero attached hydrogens (tertiary/aromatic N) is 3. The Kier molecular flexibility index (Phi) is 6.07. The molecule has 0 spiro atoms. The average Bonchev–Trinajstić information content (AvgIpc) is 2.66. The molecule has 3 rings (SSSR count). The highest BCUT2D eigenvalue weighted by Gasteiger charge is 2.28. The first-order valence-electron chi connectivity index (χ1n) is 9.65. The summed E-state index contributed by atoms with van der Waals surface area (Å²) in [6.07, 6.45) is 1.96. The quantitative estimate of drug-likeness (QED) is 0.725. The van der Waals surface area contributed by atoms with Gasteiger partial charge in [0.05, 0.1) is 0 Å². The molecular weight excluding hydrogens is 374 g/mol. The number of pyridine rings is 2. The van der Waals surface area contributed by atoms with Crippen LogP contribution in [0.3, 0.4) is 0 Å². The van der Waals surface area contributed by atoms with Crippen molar-refractivity contribution in [1.29, 1.82) is 0 Å². The first kappa shape index (κ1) is 21.0. The number of anilines is 1. The number of aromatic nitrogens is 2. The van der Waals surface area contributed by atoms with Gasteiger partial charge in [-0.1, -0.05) is 6.58 Å². The lowest BCUT2D eigenvalue weighted by molar-refractivity contribution is 0.103. The Balaban J connectivity index is 0.00000240. The normalized spacial score (nSPS) is 17.3. The molecule has 158 valence electrons. The molecule has 0 unspecified atom stereocenters. The Morgan fingerprint density at radius 2 is 2.14 bits per heavy atom. The van der Waals surface area contributed by atoms with Crippen LogP contribution in [-0.4, -0.2) is 47.1 Å². The minimum Gasteiger partial charge on any atom is -0.354 e. The molecule has 1 atom stereocenters. The van der Waals surface area contributed by atoms with Gasteiger partial charge in [0.2, 0.25) is 5.78 Å². The van der Waals surface area contributed by atoms with E-state index >= 15 is 0 Å². The summed E-state index contributed by atoms with van der Waals surface area (Å²) in [5.74, 6) is -0.558. The summed E-state index contributed by atoms with van der Waals surface area (Å²) >= 11 is 0. The van der Waals surface area contributed by atoms with Crippen LogP contribution in [0.4, 0.5) is 14.6 Å². The molecule has 29 heavy (non-hydrogen) atoms.